The minimum Gasteiger partial charge on any atom is -0.271 e. The van der Waals surface area contributed by atoms with Gasteiger partial charge in [0.05, 0.1) is 0 Å². The van der Waals surface area contributed by atoms with Crippen molar-refractivity contribution in [2.75, 3.05) is 0 Å². The summed E-state index contributed by atoms with van der Waals surface area (Å²) in [5.74, 6) is 5.09. The second-order valence-electron chi connectivity index (χ2n) is 1.85. The molecule has 0 fully saturated rings. The summed E-state index contributed by atoms with van der Waals surface area (Å²) in [6.45, 7) is 0.697. The fourth-order valence-corrected chi connectivity index (χ4v) is 0.618. The quantitative estimate of drug-likeness (QED) is 0.218. The van der Waals surface area contributed by atoms with Gasteiger partial charge >= 0.3 is 0 Å². The number of rotatable bonds is 2. The summed E-state index contributed by atoms with van der Waals surface area (Å²) in [6, 6.07) is 3.83. The largest absolute Gasteiger partial charge is 0.271 e. The van der Waals surface area contributed by atoms with Gasteiger partial charge in [-0.15, -0.1) is 0 Å². The van der Waals surface area contributed by atoms with E-state index in [0.717, 1.165) is 5.56 Å². The highest BCUT2D eigenvalue weighted by molar-refractivity contribution is 5.08. The van der Waals surface area contributed by atoms with E-state index in [1.807, 2.05) is 17.0 Å². The van der Waals surface area contributed by atoms with Crippen LogP contribution in [0.2, 0.25) is 0 Å². The molecule has 5 N–H and O–H groups in total. The molecule has 0 aromatic carbocycles. The van der Waals surface area contributed by atoms with Gasteiger partial charge in [-0.1, -0.05) is 0 Å². The molecule has 0 aliphatic rings. The molecular formula is C6H11N6+. The zero-order valence-electron chi connectivity index (χ0n) is 6.49. The molecule has 1 aromatic rings. The maximum Gasteiger partial charge on any atom is 0.211 e. The summed E-state index contributed by atoms with van der Waals surface area (Å²) >= 11 is 0. The Kier molecular flexibility index (Phi) is 6.48. The summed E-state index contributed by atoms with van der Waals surface area (Å²) in [7, 11) is 0. The maximum atomic E-state index is 5.50. The molecular weight excluding hydrogens is 156 g/mol. The summed E-state index contributed by atoms with van der Waals surface area (Å²) < 4.78 is 0. The molecule has 0 aliphatic heterocycles. The molecule has 0 aliphatic carbocycles. The van der Waals surface area contributed by atoms with Gasteiger partial charge in [0.25, 0.3) is 0 Å². The van der Waals surface area contributed by atoms with E-state index < -0.39 is 0 Å². The summed E-state index contributed by atoms with van der Waals surface area (Å²) in [4.78, 5) is 5.86. The number of nitrogens with two attached hydrogens (primary N) is 1. The first-order valence-corrected chi connectivity index (χ1v) is 3.20. The van der Waals surface area contributed by atoms with Crippen LogP contribution in [0.4, 0.5) is 0 Å². The van der Waals surface area contributed by atoms with Gasteiger partial charge in [0, 0.05) is 18.9 Å². The summed E-state index contributed by atoms with van der Waals surface area (Å²) in [5.41, 5.74) is 14.7. The van der Waals surface area contributed by atoms with Gasteiger partial charge < -0.3 is 0 Å². The Morgan fingerprint density at radius 3 is 2.33 bits per heavy atom. The minimum absolute atomic E-state index is 0.697. The SMILES string of the molecule is N=[N+]=N.NNCc1ccncc1. The van der Waals surface area contributed by atoms with E-state index in [0.29, 0.717) is 6.54 Å². The van der Waals surface area contributed by atoms with Gasteiger partial charge in [-0.2, -0.15) is 0 Å². The number of aromatic nitrogens is 1. The number of hydrazine groups is 1. The van der Waals surface area contributed by atoms with E-state index in [1.165, 1.54) is 0 Å². The molecule has 64 valence electrons. The molecule has 0 saturated carbocycles. The first kappa shape index (κ1) is 10.4. The molecule has 0 spiro atoms. The van der Waals surface area contributed by atoms with Gasteiger partial charge in [-0.3, -0.25) is 16.3 Å². The van der Waals surface area contributed by atoms with Crippen LogP contribution in [0, 0.1) is 11.1 Å². The first-order chi connectivity index (χ1) is 5.85. The number of hydrogen-bond donors (Lipinski definition) is 4. The second-order valence-corrected chi connectivity index (χ2v) is 1.85. The van der Waals surface area contributed by atoms with Crippen LogP contribution in [0.25, 0.3) is 0 Å². The second kappa shape index (κ2) is 7.49. The normalized spacial score (nSPS) is 7.75. The van der Waals surface area contributed by atoms with Crippen LogP contribution in [0.1, 0.15) is 5.56 Å². The molecule has 0 bridgehead atoms. The molecule has 0 atom stereocenters. The zero-order chi connectivity index (χ0) is 9.23. The Morgan fingerprint density at radius 2 is 1.92 bits per heavy atom. The van der Waals surface area contributed by atoms with Crippen LogP contribution >= 0.6 is 0 Å². The van der Waals surface area contributed by atoms with E-state index in [9.17, 15) is 0 Å². The summed E-state index contributed by atoms with van der Waals surface area (Å²) in [5, 5.41) is 0. The number of nitrogens with one attached hydrogen (secondary N) is 3. The van der Waals surface area contributed by atoms with Crippen LogP contribution < -0.4 is 16.2 Å². The van der Waals surface area contributed by atoms with E-state index in [2.05, 4.69) is 10.4 Å². The van der Waals surface area contributed by atoms with Gasteiger partial charge in [-0.05, 0) is 17.7 Å². The average molecular weight is 167 g/mol. The Morgan fingerprint density at radius 1 is 1.42 bits per heavy atom. The van der Waals surface area contributed by atoms with E-state index in [1.54, 1.807) is 12.4 Å². The Bertz CT molecular complexity index is 227. The monoisotopic (exact) mass is 167 g/mol. The Balaban J connectivity index is 0.000000354. The maximum absolute atomic E-state index is 5.50. The van der Waals surface area contributed by atoms with Crippen molar-refractivity contribution in [3.63, 3.8) is 0 Å². The van der Waals surface area contributed by atoms with Crippen LogP contribution in [0.15, 0.2) is 24.5 Å². The molecule has 0 saturated heterocycles. The molecule has 1 heterocycles. The van der Waals surface area contributed by atoms with Crippen molar-refractivity contribution >= 4 is 0 Å². The van der Waals surface area contributed by atoms with Crippen molar-refractivity contribution in [3.8, 4) is 0 Å². The molecule has 6 heteroatoms. The van der Waals surface area contributed by atoms with Crippen LogP contribution in [0.3, 0.4) is 0 Å². The number of hydrogen-bond acceptors (Lipinski definition) is 5. The van der Waals surface area contributed by atoms with Crippen molar-refractivity contribution < 1.29 is 0 Å². The van der Waals surface area contributed by atoms with E-state index in [-0.39, 0.29) is 0 Å². The van der Waals surface area contributed by atoms with E-state index in [4.69, 9.17) is 16.9 Å². The zero-order valence-corrected chi connectivity index (χ0v) is 6.49. The van der Waals surface area contributed by atoms with Crippen molar-refractivity contribution in [1.29, 1.82) is 11.1 Å². The average Bonchev–Trinajstić information content (AvgIpc) is 2.08. The van der Waals surface area contributed by atoms with Crippen molar-refractivity contribution in [1.82, 2.24) is 15.3 Å². The molecule has 6 nitrogen and oxygen atoms in total. The van der Waals surface area contributed by atoms with Crippen molar-refractivity contribution in [3.05, 3.63) is 30.1 Å². The predicted octanol–water partition coefficient (Wildman–Crippen LogP) is 0.160. The molecule has 0 amide bonds. The third-order valence-electron chi connectivity index (χ3n) is 1.06. The highest BCUT2D eigenvalue weighted by atomic mass is 15.2. The van der Waals surface area contributed by atoms with Crippen molar-refractivity contribution in [2.24, 2.45) is 5.84 Å². The molecule has 0 radical (unpaired) electrons. The lowest BCUT2D eigenvalue weighted by molar-refractivity contribution is 0.740. The smallest absolute Gasteiger partial charge is 0.211 e. The van der Waals surface area contributed by atoms with Gasteiger partial charge in [0.1, 0.15) is 11.1 Å². The first-order valence-electron chi connectivity index (χ1n) is 3.20. The predicted molar refractivity (Wildman–Crippen MR) is 42.8 cm³/mol. The van der Waals surface area contributed by atoms with Crippen LogP contribution in [-0.4, -0.2) is 4.98 Å². The van der Waals surface area contributed by atoms with Gasteiger partial charge in [0.15, 0.2) is 0 Å². The lowest BCUT2D eigenvalue weighted by Crippen LogP contribution is -2.20. The third kappa shape index (κ3) is 5.19. The standard InChI is InChI=1S/C6H9N3.H2N3/c7-9-5-6-1-3-8-4-2-6;1-3-2/h1-4,9H,5,7H2;1-2H/q;+1. The Hall–Kier alpha value is -1.62. The van der Waals surface area contributed by atoms with Gasteiger partial charge in [0.2, 0.25) is 4.91 Å². The highest BCUT2D eigenvalue weighted by Crippen LogP contribution is 1.92. The molecule has 0 unspecified atom stereocenters. The lowest BCUT2D eigenvalue weighted by Gasteiger charge is -1.95. The van der Waals surface area contributed by atoms with Crippen LogP contribution in [0.5, 0.6) is 0 Å². The molecule has 1 rings (SSSR count). The van der Waals surface area contributed by atoms with Crippen LogP contribution in [-0.2, 0) is 6.54 Å². The number of nitrogens with zero attached hydrogens (tertiary/aromatic N) is 2. The van der Waals surface area contributed by atoms with E-state index >= 15 is 0 Å². The fourth-order valence-electron chi connectivity index (χ4n) is 0.618. The Labute approximate surface area is 69.8 Å². The highest BCUT2D eigenvalue weighted by Gasteiger charge is 1.84. The molecule has 1 aromatic heterocycles. The lowest BCUT2D eigenvalue weighted by atomic mass is 10.3. The van der Waals surface area contributed by atoms with Gasteiger partial charge in [-0.25, -0.2) is 0 Å². The minimum atomic E-state index is 0.697. The topological polar surface area (TPSA) is 113 Å². The summed E-state index contributed by atoms with van der Waals surface area (Å²) in [6.07, 6.45) is 3.49. The fraction of sp³-hybridized carbons (Fsp3) is 0.167. The number of pyridine rings is 1. The third-order valence-corrected chi connectivity index (χ3v) is 1.06. The molecule has 12 heavy (non-hydrogen) atoms. The van der Waals surface area contributed by atoms with Crippen molar-refractivity contribution in [2.45, 2.75) is 6.54 Å².